The summed E-state index contributed by atoms with van der Waals surface area (Å²) in [4.78, 5) is 0. The van der Waals surface area contributed by atoms with Crippen molar-refractivity contribution in [1.82, 2.24) is 0 Å². The molecule has 0 unspecified atom stereocenters. The zero-order valence-electron chi connectivity index (χ0n) is 4.68. The summed E-state index contributed by atoms with van der Waals surface area (Å²) in [5.41, 5.74) is 0. The average Bonchev–Trinajstić information content (AvgIpc) is 1.69. The third kappa shape index (κ3) is 1.45. The van der Waals surface area contributed by atoms with Crippen LogP contribution in [-0.4, -0.2) is 25.8 Å². The smallest absolute Gasteiger partial charge is 0.107 e. The standard InChI is InChI=1S/C5H11NO/c1-5-4-7-3-2-6-5/h5-6H,2-4H2,1H3/p+1/t5-/m0/s1. The summed E-state index contributed by atoms with van der Waals surface area (Å²) >= 11 is 0. The molecule has 7 heavy (non-hydrogen) atoms. The van der Waals surface area contributed by atoms with Gasteiger partial charge in [0.2, 0.25) is 0 Å². The average molecular weight is 102 g/mol. The maximum Gasteiger partial charge on any atom is 0.107 e. The van der Waals surface area contributed by atoms with Gasteiger partial charge in [-0.3, -0.25) is 0 Å². The minimum atomic E-state index is 0.689. The lowest BCUT2D eigenvalue weighted by Crippen LogP contribution is -2.92. The molecular formula is C5H12NO+. The second-order valence-corrected chi connectivity index (χ2v) is 2.08. The molecule has 0 spiro atoms. The molecule has 0 aromatic rings. The van der Waals surface area contributed by atoms with Crippen LogP contribution in [0.3, 0.4) is 0 Å². The van der Waals surface area contributed by atoms with Gasteiger partial charge in [0, 0.05) is 0 Å². The number of rotatable bonds is 0. The third-order valence-corrected chi connectivity index (χ3v) is 1.21. The Morgan fingerprint density at radius 1 is 1.71 bits per heavy atom. The largest absolute Gasteiger partial charge is 0.369 e. The fourth-order valence-electron chi connectivity index (χ4n) is 0.773. The molecular weight excluding hydrogens is 90.1 g/mol. The first-order valence-electron chi connectivity index (χ1n) is 2.80. The molecule has 1 fully saturated rings. The maximum atomic E-state index is 5.15. The quantitative estimate of drug-likeness (QED) is 0.416. The molecule has 2 heteroatoms. The van der Waals surface area contributed by atoms with Crippen molar-refractivity contribution in [3.8, 4) is 0 Å². The van der Waals surface area contributed by atoms with E-state index in [0.717, 1.165) is 19.8 Å². The summed E-state index contributed by atoms with van der Waals surface area (Å²) in [7, 11) is 0. The summed E-state index contributed by atoms with van der Waals surface area (Å²) in [6, 6.07) is 0.689. The van der Waals surface area contributed by atoms with Gasteiger partial charge >= 0.3 is 0 Å². The topological polar surface area (TPSA) is 25.8 Å². The van der Waals surface area contributed by atoms with E-state index in [1.807, 2.05) is 0 Å². The molecule has 0 aromatic carbocycles. The molecule has 2 N–H and O–H groups in total. The van der Waals surface area contributed by atoms with E-state index < -0.39 is 0 Å². The number of nitrogens with two attached hydrogens (primary N) is 1. The Morgan fingerprint density at radius 2 is 2.57 bits per heavy atom. The summed E-state index contributed by atoms with van der Waals surface area (Å²) in [6.45, 7) is 5.19. The zero-order chi connectivity index (χ0) is 5.11. The van der Waals surface area contributed by atoms with Crippen LogP contribution in [0.1, 0.15) is 6.92 Å². The van der Waals surface area contributed by atoms with Crippen LogP contribution in [0.25, 0.3) is 0 Å². The van der Waals surface area contributed by atoms with Crippen molar-refractivity contribution in [1.29, 1.82) is 0 Å². The van der Waals surface area contributed by atoms with Gasteiger partial charge in [0.25, 0.3) is 0 Å². The van der Waals surface area contributed by atoms with Gasteiger partial charge in [0.05, 0.1) is 19.8 Å². The van der Waals surface area contributed by atoms with E-state index in [4.69, 9.17) is 4.74 Å². The minimum Gasteiger partial charge on any atom is -0.369 e. The summed E-state index contributed by atoms with van der Waals surface area (Å²) in [5, 5.41) is 2.31. The van der Waals surface area contributed by atoms with Crippen molar-refractivity contribution in [2.45, 2.75) is 13.0 Å². The molecule has 0 amide bonds. The van der Waals surface area contributed by atoms with Crippen molar-refractivity contribution in [3.05, 3.63) is 0 Å². The van der Waals surface area contributed by atoms with Crippen LogP contribution < -0.4 is 5.32 Å². The third-order valence-electron chi connectivity index (χ3n) is 1.21. The Labute approximate surface area is 43.9 Å². The van der Waals surface area contributed by atoms with Crippen molar-refractivity contribution < 1.29 is 10.1 Å². The highest BCUT2D eigenvalue weighted by molar-refractivity contribution is 4.44. The predicted molar refractivity (Wildman–Crippen MR) is 27.1 cm³/mol. The number of hydrogen-bond donors (Lipinski definition) is 1. The van der Waals surface area contributed by atoms with Crippen LogP contribution in [0.15, 0.2) is 0 Å². The van der Waals surface area contributed by atoms with Gasteiger partial charge < -0.3 is 10.1 Å². The molecule has 1 atom stereocenters. The number of quaternary nitrogens is 1. The SMILES string of the molecule is C[C@H]1COCC[NH2+]1. The van der Waals surface area contributed by atoms with E-state index in [1.54, 1.807) is 0 Å². The Morgan fingerprint density at radius 3 is 2.86 bits per heavy atom. The zero-order valence-corrected chi connectivity index (χ0v) is 4.68. The highest BCUT2D eigenvalue weighted by Crippen LogP contribution is 1.80. The summed E-state index contributed by atoms with van der Waals surface area (Å²) in [5.74, 6) is 0. The van der Waals surface area contributed by atoms with Gasteiger partial charge in [-0.1, -0.05) is 0 Å². The molecule has 0 aliphatic carbocycles. The predicted octanol–water partition coefficient (Wildman–Crippen LogP) is -1.03. The van der Waals surface area contributed by atoms with Crippen LogP contribution in [0.4, 0.5) is 0 Å². The van der Waals surface area contributed by atoms with E-state index in [2.05, 4.69) is 12.2 Å². The second kappa shape index (κ2) is 2.28. The normalized spacial score (nSPS) is 33.0. The Hall–Kier alpha value is -0.0800. The van der Waals surface area contributed by atoms with Crippen LogP contribution in [0, 0.1) is 0 Å². The van der Waals surface area contributed by atoms with Crippen LogP contribution >= 0.6 is 0 Å². The molecule has 0 aromatic heterocycles. The number of ether oxygens (including phenoxy) is 1. The van der Waals surface area contributed by atoms with E-state index in [1.165, 1.54) is 0 Å². The molecule has 42 valence electrons. The second-order valence-electron chi connectivity index (χ2n) is 2.08. The van der Waals surface area contributed by atoms with Crippen molar-refractivity contribution in [2.24, 2.45) is 0 Å². The lowest BCUT2D eigenvalue weighted by Gasteiger charge is -2.15. The van der Waals surface area contributed by atoms with E-state index in [0.29, 0.717) is 6.04 Å². The van der Waals surface area contributed by atoms with Gasteiger partial charge in [-0.05, 0) is 6.92 Å². The summed E-state index contributed by atoms with van der Waals surface area (Å²) in [6.07, 6.45) is 0. The first-order valence-corrected chi connectivity index (χ1v) is 2.80. The minimum absolute atomic E-state index is 0.689. The van der Waals surface area contributed by atoms with Gasteiger partial charge in [-0.2, -0.15) is 0 Å². The Kier molecular flexibility index (Phi) is 1.65. The van der Waals surface area contributed by atoms with Gasteiger partial charge in [-0.15, -0.1) is 0 Å². The van der Waals surface area contributed by atoms with Crippen molar-refractivity contribution >= 4 is 0 Å². The van der Waals surface area contributed by atoms with Gasteiger partial charge in [-0.25, -0.2) is 0 Å². The van der Waals surface area contributed by atoms with Gasteiger partial charge in [0.15, 0.2) is 0 Å². The monoisotopic (exact) mass is 102 g/mol. The van der Waals surface area contributed by atoms with Crippen molar-refractivity contribution in [3.63, 3.8) is 0 Å². The maximum absolute atomic E-state index is 5.15. The molecule has 1 aliphatic rings. The molecule has 0 radical (unpaired) electrons. The molecule has 1 heterocycles. The molecule has 0 saturated carbocycles. The lowest BCUT2D eigenvalue weighted by atomic mass is 10.3. The molecule has 1 rings (SSSR count). The molecule has 1 aliphatic heterocycles. The molecule has 1 saturated heterocycles. The molecule has 2 nitrogen and oxygen atoms in total. The summed E-state index contributed by atoms with van der Waals surface area (Å²) < 4.78 is 5.15. The lowest BCUT2D eigenvalue weighted by molar-refractivity contribution is -0.701. The number of morpholine rings is 1. The fourth-order valence-corrected chi connectivity index (χ4v) is 0.773. The van der Waals surface area contributed by atoms with Crippen LogP contribution in [-0.2, 0) is 4.74 Å². The van der Waals surface area contributed by atoms with Crippen molar-refractivity contribution in [2.75, 3.05) is 19.8 Å². The molecule has 0 bridgehead atoms. The first-order chi connectivity index (χ1) is 3.39. The fraction of sp³-hybridized carbons (Fsp3) is 1.00. The first kappa shape index (κ1) is 5.06. The van der Waals surface area contributed by atoms with Crippen LogP contribution in [0.2, 0.25) is 0 Å². The van der Waals surface area contributed by atoms with Gasteiger partial charge in [0.1, 0.15) is 6.04 Å². The van der Waals surface area contributed by atoms with E-state index >= 15 is 0 Å². The number of hydrogen-bond acceptors (Lipinski definition) is 1. The highest BCUT2D eigenvalue weighted by Gasteiger charge is 2.08. The Balaban J connectivity index is 2.12. The van der Waals surface area contributed by atoms with E-state index in [9.17, 15) is 0 Å². The Bertz CT molecular complexity index is 50.0. The van der Waals surface area contributed by atoms with E-state index in [-0.39, 0.29) is 0 Å². The van der Waals surface area contributed by atoms with Crippen LogP contribution in [0.5, 0.6) is 0 Å². The highest BCUT2D eigenvalue weighted by atomic mass is 16.5.